The molecule has 2 rings (SSSR count). The fourth-order valence-corrected chi connectivity index (χ4v) is 2.39. The first-order chi connectivity index (χ1) is 8.06. The second-order valence-electron chi connectivity index (χ2n) is 4.76. The van der Waals surface area contributed by atoms with Crippen molar-refractivity contribution >= 4 is 5.97 Å². The van der Waals surface area contributed by atoms with Gasteiger partial charge in [0.1, 0.15) is 5.75 Å². The lowest BCUT2D eigenvalue weighted by Gasteiger charge is -2.18. The number of rotatable bonds is 4. The van der Waals surface area contributed by atoms with Crippen LogP contribution in [0.25, 0.3) is 0 Å². The zero-order chi connectivity index (χ0) is 12.6. The number of carbonyl (C=O) groups is 1. The molecule has 1 fully saturated rings. The maximum Gasteiger partial charge on any atom is 0.311 e. The molecule has 0 amide bonds. The van der Waals surface area contributed by atoms with Crippen molar-refractivity contribution in [1.82, 2.24) is 0 Å². The molecule has 1 atom stereocenters. The molecule has 1 aliphatic rings. The monoisotopic (exact) mass is 234 g/mol. The third-order valence-corrected chi connectivity index (χ3v) is 3.69. The highest BCUT2D eigenvalue weighted by atomic mass is 16.5. The first kappa shape index (κ1) is 12.0. The van der Waals surface area contributed by atoms with Crippen LogP contribution in [0.5, 0.6) is 5.75 Å². The lowest BCUT2D eigenvalue weighted by atomic mass is 9.88. The third kappa shape index (κ3) is 2.14. The van der Waals surface area contributed by atoms with E-state index < -0.39 is 5.97 Å². The number of ether oxygens (including phenoxy) is 1. The van der Waals surface area contributed by atoms with E-state index in [1.807, 2.05) is 26.0 Å². The van der Waals surface area contributed by atoms with Crippen molar-refractivity contribution in [3.8, 4) is 5.75 Å². The normalized spacial score (nSPS) is 16.6. The molecule has 0 radical (unpaired) electrons. The van der Waals surface area contributed by atoms with Crippen molar-refractivity contribution in [1.29, 1.82) is 0 Å². The first-order valence-corrected chi connectivity index (χ1v) is 5.93. The minimum atomic E-state index is -0.708. The number of carboxylic acids is 1. The van der Waals surface area contributed by atoms with Crippen molar-refractivity contribution < 1.29 is 14.6 Å². The van der Waals surface area contributed by atoms with Crippen LogP contribution < -0.4 is 4.74 Å². The summed E-state index contributed by atoms with van der Waals surface area (Å²) in [7, 11) is 1.64. The van der Waals surface area contributed by atoms with Crippen molar-refractivity contribution in [3.63, 3.8) is 0 Å². The Morgan fingerprint density at radius 3 is 2.47 bits per heavy atom. The van der Waals surface area contributed by atoms with Gasteiger partial charge in [0.25, 0.3) is 0 Å². The maximum atomic E-state index is 11.4. The minimum Gasteiger partial charge on any atom is -0.496 e. The van der Waals surface area contributed by atoms with Gasteiger partial charge in [0.15, 0.2) is 0 Å². The summed E-state index contributed by atoms with van der Waals surface area (Å²) in [5, 5.41) is 9.35. The van der Waals surface area contributed by atoms with Crippen molar-refractivity contribution in [3.05, 3.63) is 28.8 Å². The second kappa shape index (κ2) is 4.40. The van der Waals surface area contributed by atoms with E-state index in [1.165, 1.54) is 0 Å². The van der Waals surface area contributed by atoms with Gasteiger partial charge in [-0.2, -0.15) is 0 Å². The van der Waals surface area contributed by atoms with Gasteiger partial charge in [-0.1, -0.05) is 6.07 Å². The first-order valence-electron chi connectivity index (χ1n) is 5.93. The van der Waals surface area contributed by atoms with Crippen LogP contribution >= 0.6 is 0 Å². The number of carboxylic acid groups (broad SMARTS) is 1. The summed E-state index contributed by atoms with van der Waals surface area (Å²) in [6.45, 7) is 3.95. The van der Waals surface area contributed by atoms with E-state index in [2.05, 4.69) is 0 Å². The summed E-state index contributed by atoms with van der Waals surface area (Å²) in [5.41, 5.74) is 3.03. The topological polar surface area (TPSA) is 46.5 Å². The Bertz CT molecular complexity index is 447. The third-order valence-electron chi connectivity index (χ3n) is 3.69. The molecule has 0 aromatic heterocycles. The fourth-order valence-electron chi connectivity index (χ4n) is 2.39. The number of hydrogen-bond acceptors (Lipinski definition) is 2. The highest BCUT2D eigenvalue weighted by Gasteiger charge is 2.38. The predicted octanol–water partition coefficient (Wildman–Crippen LogP) is 2.89. The van der Waals surface area contributed by atoms with E-state index in [0.29, 0.717) is 5.92 Å². The van der Waals surface area contributed by atoms with E-state index in [0.717, 1.165) is 35.3 Å². The fraction of sp³-hybridized carbons (Fsp3) is 0.500. The molecule has 1 aromatic rings. The van der Waals surface area contributed by atoms with E-state index in [4.69, 9.17) is 4.74 Å². The van der Waals surface area contributed by atoms with Gasteiger partial charge in [-0.3, -0.25) is 4.79 Å². The summed E-state index contributed by atoms with van der Waals surface area (Å²) in [6, 6.07) is 3.77. The number of hydrogen-bond donors (Lipinski definition) is 1. The van der Waals surface area contributed by atoms with Crippen molar-refractivity contribution in [2.75, 3.05) is 7.11 Å². The van der Waals surface area contributed by atoms with Gasteiger partial charge in [0, 0.05) is 0 Å². The molecule has 1 aromatic carbocycles. The lowest BCUT2D eigenvalue weighted by molar-refractivity contribution is -0.139. The summed E-state index contributed by atoms with van der Waals surface area (Å²) < 4.78 is 5.25. The highest BCUT2D eigenvalue weighted by molar-refractivity contribution is 5.78. The summed E-state index contributed by atoms with van der Waals surface area (Å²) >= 11 is 0. The summed E-state index contributed by atoms with van der Waals surface area (Å²) in [4.78, 5) is 11.4. The standard InChI is InChI=1S/C14H18O3/c1-8-9(2)12(17-3)7-6-11(8)13(14(15)16)10-4-5-10/h6-7,10,13H,4-5H2,1-3H3,(H,15,16). The van der Waals surface area contributed by atoms with Crippen LogP contribution in [-0.4, -0.2) is 18.2 Å². The van der Waals surface area contributed by atoms with Gasteiger partial charge in [0.05, 0.1) is 13.0 Å². The molecule has 1 saturated carbocycles. The quantitative estimate of drug-likeness (QED) is 0.871. The number of methoxy groups -OCH3 is 1. The van der Waals surface area contributed by atoms with Crippen molar-refractivity contribution in [2.24, 2.45) is 5.92 Å². The van der Waals surface area contributed by atoms with Crippen LogP contribution in [0.15, 0.2) is 12.1 Å². The van der Waals surface area contributed by atoms with E-state index in [-0.39, 0.29) is 5.92 Å². The van der Waals surface area contributed by atoms with Crippen LogP contribution in [0.4, 0.5) is 0 Å². The molecule has 0 bridgehead atoms. The molecule has 0 spiro atoms. The zero-order valence-corrected chi connectivity index (χ0v) is 10.5. The Labute approximate surface area is 101 Å². The number of benzene rings is 1. The van der Waals surface area contributed by atoms with Gasteiger partial charge in [-0.15, -0.1) is 0 Å². The van der Waals surface area contributed by atoms with Gasteiger partial charge in [-0.05, 0) is 55.4 Å². The van der Waals surface area contributed by atoms with Crippen molar-refractivity contribution in [2.45, 2.75) is 32.6 Å². The molecule has 1 unspecified atom stereocenters. The molecular weight excluding hydrogens is 216 g/mol. The Morgan fingerprint density at radius 2 is 2.00 bits per heavy atom. The average molecular weight is 234 g/mol. The Morgan fingerprint density at radius 1 is 1.35 bits per heavy atom. The number of aliphatic carboxylic acids is 1. The second-order valence-corrected chi connectivity index (χ2v) is 4.76. The van der Waals surface area contributed by atoms with Crippen LogP contribution in [0.2, 0.25) is 0 Å². The molecule has 0 heterocycles. The lowest BCUT2D eigenvalue weighted by Crippen LogP contribution is -2.15. The van der Waals surface area contributed by atoms with Crippen LogP contribution in [0.1, 0.15) is 35.4 Å². The largest absolute Gasteiger partial charge is 0.496 e. The highest BCUT2D eigenvalue weighted by Crippen LogP contribution is 2.44. The Hall–Kier alpha value is -1.51. The Kier molecular flexibility index (Phi) is 3.09. The molecule has 1 aliphatic carbocycles. The van der Waals surface area contributed by atoms with Gasteiger partial charge >= 0.3 is 5.97 Å². The van der Waals surface area contributed by atoms with Crippen LogP contribution in [-0.2, 0) is 4.79 Å². The molecule has 3 heteroatoms. The van der Waals surface area contributed by atoms with Gasteiger partial charge in [-0.25, -0.2) is 0 Å². The average Bonchev–Trinajstić information content (AvgIpc) is 3.09. The van der Waals surface area contributed by atoms with E-state index >= 15 is 0 Å². The predicted molar refractivity (Wildman–Crippen MR) is 65.6 cm³/mol. The minimum absolute atomic E-state index is 0.319. The van der Waals surface area contributed by atoms with Gasteiger partial charge in [0.2, 0.25) is 0 Å². The molecule has 3 nitrogen and oxygen atoms in total. The SMILES string of the molecule is COc1ccc(C(C(=O)O)C2CC2)c(C)c1C. The molecule has 0 saturated heterocycles. The molecule has 1 N–H and O–H groups in total. The van der Waals surface area contributed by atoms with Gasteiger partial charge < -0.3 is 9.84 Å². The summed E-state index contributed by atoms with van der Waals surface area (Å²) in [5.74, 6) is 0.0879. The zero-order valence-electron chi connectivity index (χ0n) is 10.5. The maximum absolute atomic E-state index is 11.4. The van der Waals surface area contributed by atoms with E-state index in [1.54, 1.807) is 7.11 Å². The van der Waals surface area contributed by atoms with Crippen LogP contribution in [0.3, 0.4) is 0 Å². The molecular formula is C14H18O3. The molecule has 0 aliphatic heterocycles. The van der Waals surface area contributed by atoms with Crippen LogP contribution in [0, 0.1) is 19.8 Å². The molecule has 92 valence electrons. The Balaban J connectivity index is 2.44. The molecule has 17 heavy (non-hydrogen) atoms. The summed E-state index contributed by atoms with van der Waals surface area (Å²) in [6.07, 6.45) is 2.06. The van der Waals surface area contributed by atoms with E-state index in [9.17, 15) is 9.90 Å². The smallest absolute Gasteiger partial charge is 0.311 e.